The number of phenols is 3. The molecule has 1 unspecified atom stereocenters. The van der Waals surface area contributed by atoms with Gasteiger partial charge in [0.25, 0.3) is 0 Å². The molecule has 678 valence electrons. The number of halogens is 2. The molecule has 0 aliphatic carbocycles. The smallest absolute Gasteiger partial charge is 0.478 e. The van der Waals surface area contributed by atoms with E-state index in [1.807, 2.05) is 13.8 Å². The number of fused-ring (bicyclic) bond motifs is 15. The Labute approximate surface area is 687 Å². The van der Waals surface area contributed by atoms with E-state index in [0.717, 1.165) is 66.7 Å². The summed E-state index contributed by atoms with van der Waals surface area (Å²) < 4.78 is 60.5. The molecular weight excluding hydrogens is 1710 g/mol. The molecule has 0 aromatic heterocycles. The number of hydrogen-bond acceptors (Lipinski definition) is 28. The van der Waals surface area contributed by atoms with Crippen LogP contribution in [0.5, 0.6) is 46.0 Å². The number of phosphoric acid groups is 2. The number of aromatic hydroxyl groups is 3. The molecular formula is C66H99Cl2N9O41P2. The minimum Gasteiger partial charge on any atom is -0.508 e. The highest BCUT2D eigenvalue weighted by Crippen LogP contribution is 2.54. The third kappa shape index (κ3) is 26.3. The predicted molar refractivity (Wildman–Crippen MR) is 411 cm³/mol. The molecule has 18 atom stereocenters. The maximum atomic E-state index is 16.0. The van der Waals surface area contributed by atoms with Crippen LogP contribution in [0.2, 0.25) is 10.0 Å². The number of nitrogens with two attached hydrogens (primary N) is 2. The van der Waals surface area contributed by atoms with Crippen LogP contribution in [-0.4, -0.2) is 265 Å². The molecule has 2 saturated heterocycles. The summed E-state index contributed by atoms with van der Waals surface area (Å²) in [6, 6.07) is -0.679. The zero-order chi connectivity index (χ0) is 81.2. The number of hydrogen-bond donors (Lipinski definition) is 23. The number of aliphatic hydroxyl groups is 6. The number of aliphatic hydroxyl groups excluding tert-OH is 6. The fraction of sp³-hybridized carbons (Fsp3) is 0.424. The van der Waals surface area contributed by atoms with Crippen molar-refractivity contribution in [2.75, 3.05) is 13.7 Å². The minimum absolute atomic E-state index is 0. The summed E-state index contributed by atoms with van der Waals surface area (Å²) in [4.78, 5) is 148. The molecule has 5 aromatic carbocycles. The van der Waals surface area contributed by atoms with E-state index in [4.69, 9.17) is 82.7 Å². The molecule has 5 aromatic rings. The maximum absolute atomic E-state index is 16.0. The van der Waals surface area contributed by atoms with Gasteiger partial charge in [0.05, 0.1) is 41.3 Å². The number of nitrogens with one attached hydrogen (secondary N) is 7. The van der Waals surface area contributed by atoms with Crippen molar-refractivity contribution in [3.05, 3.63) is 117 Å². The maximum Gasteiger partial charge on any atom is 0.478 e. The Morgan fingerprint density at radius 3 is 1.67 bits per heavy atom. The molecule has 7 aliphatic heterocycles. The Balaban J connectivity index is 0. The summed E-state index contributed by atoms with van der Waals surface area (Å²) in [5.41, 5.74) is 8.00. The number of carboxylic acids is 1. The van der Waals surface area contributed by atoms with Gasteiger partial charge in [0.1, 0.15) is 89.5 Å². The summed E-state index contributed by atoms with van der Waals surface area (Å²) >= 11 is 14.1. The van der Waals surface area contributed by atoms with Crippen molar-refractivity contribution >= 4 is 86.2 Å². The highest BCUT2D eigenvalue weighted by molar-refractivity contribution is 7.60. The van der Waals surface area contributed by atoms with E-state index >= 15 is 14.4 Å². The number of ether oxygens (including phenoxy) is 6. The molecule has 7 heterocycles. The van der Waals surface area contributed by atoms with Gasteiger partial charge in [-0.1, -0.05) is 55.2 Å². The standard InChI is InChI=1S/C66H75Cl2N9O24.H4O7P2.10H2O/c1-23(2)12-34(71-5)58(88)76-49-51(83)26-7-10-38(32(67)14-26)97-40-16-28-17-41(55(40)101-65-56(54(86)53(85)42(22-78)99-65)100-44-21-66(4,70)57(87)24(3)96-44)98-39-11-8-27(15-33(39)68)52(84)50-63(93)75-48(64(94)95)31-18-29(79)19-37(81)45(31)30-13-25(6-9-36(30)80)46(60(90)77-50)74-61(91)47(28)73-59(89)35(20-43(69)82)72-62(49)92;1-8(2,3)7-9(4,5)6;;;;;;;;;;/h6-11,13-19,23-24,34-35,42,44,46-54,56-57,65,71,78-81,83-87H,12,20-22,70H2,1-5H3,(H2,69,82)(H,72,92)(H,73,89)(H,74,91)(H,75,93)(H,76,88)(H,77,90)(H,94,95);(H2,1,2,3)(H2,4,5,6);10*1H2/t24-,34+,35-,42+,44-,46+,47+,48+,49+,50-,51+,52+,53+,54-,56+,57?,65-,66-;;;;;;;;;;;/m0.........../s1. The number of carbonyl (C=O) groups excluding carboxylic acids is 7. The lowest BCUT2D eigenvalue weighted by Gasteiger charge is -2.47. The summed E-state index contributed by atoms with van der Waals surface area (Å²) in [5, 5.41) is 131. The van der Waals surface area contributed by atoms with E-state index in [0.29, 0.717) is 0 Å². The van der Waals surface area contributed by atoms with Crippen LogP contribution in [0.4, 0.5) is 0 Å². The second-order valence-corrected chi connectivity index (χ2v) is 30.2. The van der Waals surface area contributed by atoms with Crippen molar-refractivity contribution in [3.63, 3.8) is 0 Å². The van der Waals surface area contributed by atoms with Crippen LogP contribution in [0.15, 0.2) is 78.9 Å². The van der Waals surface area contributed by atoms with Gasteiger partial charge in [-0.2, -0.15) is 4.31 Å². The van der Waals surface area contributed by atoms with Crippen LogP contribution in [0.25, 0.3) is 11.1 Å². The molecule has 0 spiro atoms. The Hall–Kier alpha value is -9.34. The number of aliphatic carboxylic acids is 1. The first-order chi connectivity index (χ1) is 51.4. The van der Waals surface area contributed by atoms with E-state index < -0.39 is 253 Å². The van der Waals surface area contributed by atoms with Crippen LogP contribution in [0, 0.1) is 5.92 Å². The van der Waals surface area contributed by atoms with E-state index in [-0.39, 0.29) is 101 Å². The van der Waals surface area contributed by atoms with Crippen molar-refractivity contribution in [1.29, 1.82) is 0 Å². The predicted octanol–water partition coefficient (Wildman–Crippen LogP) is -8.95. The van der Waals surface area contributed by atoms with E-state index in [2.05, 4.69) is 41.5 Å². The van der Waals surface area contributed by atoms with Crippen LogP contribution in [0.3, 0.4) is 0 Å². The molecule has 45 N–H and O–H groups in total. The number of carbonyl (C=O) groups is 8. The summed E-state index contributed by atoms with van der Waals surface area (Å²) in [6.07, 6.45) is -18.6. The molecule has 7 amide bonds. The Kier molecular flexibility index (Phi) is 42.7. The average molecular weight is 1810 g/mol. The second kappa shape index (κ2) is 45.5. The number of amides is 7. The Morgan fingerprint density at radius 1 is 0.650 bits per heavy atom. The van der Waals surface area contributed by atoms with E-state index in [9.17, 15) is 84.2 Å². The summed E-state index contributed by atoms with van der Waals surface area (Å²) in [6.45, 7) is 5.66. The summed E-state index contributed by atoms with van der Waals surface area (Å²) in [7, 11) is -8.63. The number of rotatable bonds is 15. The van der Waals surface area contributed by atoms with Crippen molar-refractivity contribution < 1.29 is 206 Å². The largest absolute Gasteiger partial charge is 0.508 e. The molecule has 12 rings (SSSR count). The van der Waals surface area contributed by atoms with E-state index in [1.54, 1.807) is 0 Å². The first-order valence-corrected chi connectivity index (χ1v) is 37.0. The van der Waals surface area contributed by atoms with Crippen LogP contribution in [-0.2, 0) is 66.0 Å². The highest BCUT2D eigenvalue weighted by atomic mass is 35.5. The molecule has 0 saturated carbocycles. The molecule has 0 radical (unpaired) electrons. The van der Waals surface area contributed by atoms with Gasteiger partial charge in [-0.3, -0.25) is 33.6 Å². The first-order valence-electron chi connectivity index (χ1n) is 33.2. The molecule has 120 heavy (non-hydrogen) atoms. The number of likely N-dealkylation sites (N-methyl/N-ethyl adjacent to an activating group) is 1. The second-order valence-electron chi connectivity index (χ2n) is 26.8. The fourth-order valence-electron chi connectivity index (χ4n) is 12.6. The molecule has 54 heteroatoms. The number of phenolic OH excluding ortho intramolecular Hbond substituents is 3. The number of carboxylic acid groups (broad SMARTS) is 1. The topological polar surface area (TPSA) is 970 Å². The summed E-state index contributed by atoms with van der Waals surface area (Å²) in [5.74, 6) is -16.0. The lowest BCUT2D eigenvalue weighted by molar-refractivity contribution is -0.333. The van der Waals surface area contributed by atoms with Gasteiger partial charge in [-0.05, 0) is 110 Å². The van der Waals surface area contributed by atoms with Gasteiger partial charge < -0.3 is 203 Å². The number of primary amides is 1. The molecule has 2 fully saturated rings. The van der Waals surface area contributed by atoms with Crippen LogP contribution in [0.1, 0.15) is 105 Å². The normalized spacial score (nSPS) is 25.8. The molecule has 50 nitrogen and oxygen atoms in total. The third-order valence-corrected chi connectivity index (χ3v) is 20.3. The van der Waals surface area contributed by atoms with Crippen LogP contribution < -0.4 is 62.9 Å². The lowest BCUT2D eigenvalue weighted by atomic mass is 9.86. The van der Waals surface area contributed by atoms with Crippen molar-refractivity contribution in [2.24, 2.45) is 17.4 Å². The molecule has 11 bridgehead atoms. The average Bonchev–Trinajstić information content (AvgIpc) is 0.766. The Bertz CT molecular complexity index is 4470. The van der Waals surface area contributed by atoms with Crippen molar-refractivity contribution in [3.8, 4) is 57.1 Å². The van der Waals surface area contributed by atoms with Gasteiger partial charge in [-0.15, -0.1) is 0 Å². The zero-order valence-electron chi connectivity index (χ0n) is 63.2. The fourth-order valence-corrected chi connectivity index (χ4v) is 14.2. The first kappa shape index (κ1) is 113. The quantitative estimate of drug-likeness (QED) is 0.0433. The minimum atomic E-state index is -5.05. The zero-order valence-corrected chi connectivity index (χ0v) is 66.5. The molecule has 7 aliphatic rings. The van der Waals surface area contributed by atoms with Crippen molar-refractivity contribution in [2.45, 2.75) is 156 Å². The van der Waals surface area contributed by atoms with Gasteiger partial charge in [0, 0.05) is 34.7 Å². The monoisotopic (exact) mass is 1810 g/mol. The van der Waals surface area contributed by atoms with Crippen LogP contribution >= 0.6 is 38.8 Å². The third-order valence-electron chi connectivity index (χ3n) is 18.0. The van der Waals surface area contributed by atoms with Gasteiger partial charge in [0.15, 0.2) is 29.9 Å². The lowest BCUT2D eigenvalue weighted by Crippen LogP contribution is -2.64. The Morgan fingerprint density at radius 2 is 1.18 bits per heavy atom. The van der Waals surface area contributed by atoms with Crippen molar-refractivity contribution in [1.82, 2.24) is 37.2 Å². The van der Waals surface area contributed by atoms with Gasteiger partial charge in [0.2, 0.25) is 53.4 Å². The number of benzene rings is 5. The highest BCUT2D eigenvalue weighted by Gasteiger charge is 2.52. The van der Waals surface area contributed by atoms with Gasteiger partial charge in [-0.25, -0.2) is 13.9 Å². The van der Waals surface area contributed by atoms with Gasteiger partial charge >= 0.3 is 21.6 Å². The van der Waals surface area contributed by atoms with E-state index in [1.165, 1.54) is 33.0 Å². The SMILES string of the molecule is CN[C@H](CC(C)C)C(=O)N[C@H]1C(=O)N[C@@H](CC(N)=O)C(=O)N[C@H]2C(=O)N[C@H]3C(=O)N[C@H](C(=O)N[C@@H](C(=O)O)c4cc(O)cc(O)c4-c4cc3ccc4O)[C@H](O)c3ccc(c(Cl)c3)Oc3cc2cc(c3O[C@@H]2O[C@H](CO)[C@@H](O)[C@H](O)[C@H]2O[C@H]2C[C@](C)(N)C(O)[C@H](C)O2)Oc2ccc(cc2Cl)[C@H]1O.O.O.O.O.O.O.O.O.O.O.O=P(O)(O)OP(=O)(O)O.